The zero-order valence-electron chi connectivity index (χ0n) is 48.1. The summed E-state index contributed by atoms with van der Waals surface area (Å²) in [5, 5.41) is 78.3. The maximum atomic E-state index is 14.3. The number of fused-ring (bicyclic) bond motifs is 1. The Hall–Kier alpha value is -10.2. The Bertz CT molecular complexity index is 3040. The molecule has 2 aromatic carbocycles. The highest BCUT2D eigenvalue weighted by Crippen LogP contribution is 2.20. The molecule has 0 aliphatic rings. The number of amides is 10. The second-order valence-electron chi connectivity index (χ2n) is 20.8. The molecule has 1 aromatic heterocycles. The molecule has 10 amide bonds. The molecule has 480 valence electrons. The number of hydrogen-bond donors (Lipinski definition) is 18. The zero-order chi connectivity index (χ0) is 65.9. The minimum atomic E-state index is -2.09. The lowest BCUT2D eigenvalue weighted by Crippen LogP contribution is -2.60. The van der Waals surface area contributed by atoms with Crippen molar-refractivity contribution >= 4 is 99.8 Å². The van der Waals surface area contributed by atoms with Crippen LogP contribution in [0.15, 0.2) is 54.7 Å². The molecule has 0 radical (unpaired) electrons. The molecule has 33 heteroatoms. The summed E-state index contributed by atoms with van der Waals surface area (Å²) in [6.07, 6.45) is -5.35. The summed E-state index contributed by atoms with van der Waals surface area (Å²) in [6, 6.07) is -2.30. The Kier molecular flexibility index (Phi) is 28.9. The van der Waals surface area contributed by atoms with E-state index in [9.17, 15) is 103 Å². The Morgan fingerprint density at radius 1 is 0.489 bits per heavy atom. The Balaban J connectivity index is 1.86. The molecule has 9 atom stereocenters. The third kappa shape index (κ3) is 25.6. The number of para-hydroxylation sites is 1. The average molecular weight is 1240 g/mol. The van der Waals surface area contributed by atoms with Crippen LogP contribution >= 0.6 is 0 Å². The van der Waals surface area contributed by atoms with Gasteiger partial charge in [-0.05, 0) is 80.7 Å². The van der Waals surface area contributed by atoms with Gasteiger partial charge in [0, 0.05) is 49.2 Å². The third-order valence-electron chi connectivity index (χ3n) is 13.1. The van der Waals surface area contributed by atoms with Crippen LogP contribution in [0.4, 0.5) is 0 Å². The van der Waals surface area contributed by atoms with Gasteiger partial charge in [-0.25, -0.2) is 0 Å². The number of aromatic nitrogens is 1. The molecule has 0 saturated heterocycles. The Morgan fingerprint density at radius 3 is 1.44 bits per heavy atom. The molecule has 0 saturated carbocycles. The maximum absolute atomic E-state index is 14.3. The van der Waals surface area contributed by atoms with Crippen LogP contribution in [0.25, 0.3) is 10.9 Å². The number of nitrogens with two attached hydrogens (primary N) is 2. The number of carboxylic acids is 5. The van der Waals surface area contributed by atoms with E-state index in [1.807, 2.05) is 34.9 Å². The number of primary amides is 1. The van der Waals surface area contributed by atoms with Gasteiger partial charge in [-0.2, -0.15) is 0 Å². The lowest BCUT2D eigenvalue weighted by Gasteiger charge is -2.27. The third-order valence-corrected chi connectivity index (χ3v) is 13.1. The summed E-state index contributed by atoms with van der Waals surface area (Å²) in [4.78, 5) is 196. The fourth-order valence-electron chi connectivity index (χ4n) is 8.51. The Labute approximate surface area is 501 Å². The molecule has 1 heterocycles. The van der Waals surface area contributed by atoms with Gasteiger partial charge < -0.3 is 94.9 Å². The molecule has 0 unspecified atom stereocenters. The number of benzene rings is 2. The molecule has 0 aliphatic heterocycles. The highest BCUT2D eigenvalue weighted by Gasteiger charge is 2.35. The fraction of sp³-hybridized carbons (Fsp3) is 0.473. The number of hydrogen-bond acceptors (Lipinski definition) is 17. The van der Waals surface area contributed by atoms with Gasteiger partial charge >= 0.3 is 29.8 Å². The molecule has 0 bridgehead atoms. The second-order valence-corrected chi connectivity index (χ2v) is 20.8. The van der Waals surface area contributed by atoms with E-state index in [0.29, 0.717) is 5.56 Å². The summed E-state index contributed by atoms with van der Waals surface area (Å²) < 4.78 is 0. The largest absolute Gasteiger partial charge is 0.508 e. The zero-order valence-corrected chi connectivity index (χ0v) is 48.1. The van der Waals surface area contributed by atoms with E-state index in [0.717, 1.165) is 23.4 Å². The Morgan fingerprint density at radius 2 is 0.932 bits per heavy atom. The summed E-state index contributed by atoms with van der Waals surface area (Å²) >= 11 is 0. The summed E-state index contributed by atoms with van der Waals surface area (Å²) in [5.41, 5.74) is 13.4. The van der Waals surface area contributed by atoms with Gasteiger partial charge in [-0.3, -0.25) is 71.9 Å². The van der Waals surface area contributed by atoms with Gasteiger partial charge in [0.1, 0.15) is 54.1 Å². The van der Waals surface area contributed by atoms with E-state index >= 15 is 0 Å². The quantitative estimate of drug-likeness (QED) is 0.0263. The van der Waals surface area contributed by atoms with Crippen LogP contribution in [-0.2, 0) is 84.8 Å². The molecular weight excluding hydrogens is 1160 g/mol. The molecule has 20 N–H and O–H groups in total. The first-order valence-electron chi connectivity index (χ1n) is 27.5. The van der Waals surface area contributed by atoms with Crippen LogP contribution in [0, 0.1) is 5.92 Å². The molecule has 0 aliphatic carbocycles. The van der Waals surface area contributed by atoms with Crippen molar-refractivity contribution in [2.45, 2.75) is 152 Å². The number of H-pyrrole nitrogens is 1. The van der Waals surface area contributed by atoms with Gasteiger partial charge in [-0.15, -0.1) is 0 Å². The molecule has 33 nitrogen and oxygen atoms in total. The van der Waals surface area contributed by atoms with Crippen molar-refractivity contribution in [2.75, 3.05) is 6.54 Å². The van der Waals surface area contributed by atoms with E-state index in [4.69, 9.17) is 11.5 Å². The average Bonchev–Trinajstić information content (AvgIpc) is 4.03. The summed E-state index contributed by atoms with van der Waals surface area (Å²) in [5.74, 6) is -19.4. The number of phenols is 1. The van der Waals surface area contributed by atoms with Crippen molar-refractivity contribution < 1.29 is 103 Å². The predicted molar refractivity (Wildman–Crippen MR) is 304 cm³/mol. The highest BCUT2D eigenvalue weighted by atomic mass is 16.4. The van der Waals surface area contributed by atoms with Crippen LogP contribution in [0.2, 0.25) is 0 Å². The van der Waals surface area contributed by atoms with Gasteiger partial charge in [-0.1, -0.05) is 44.2 Å². The minimum Gasteiger partial charge on any atom is -0.508 e. The first kappa shape index (κ1) is 72.1. The standard InChI is InChI=1S/C55H74N12O21/c1-26(2)20-38(65-47(79)32(56)22-29-24-58-33-7-5-4-6-31(29)33)52(84)66-39(21-28-8-10-30(68)11-9-28)53(85)64-37(15-19-45(75)76)51(83)62-34(13-17-43(71)72)48(80)59-25-42(70)61-35(14-18-44(73)74)50(82)67-40(23-46(77)78)54(86)63-36(12-16-41(57)69)49(81)60-27(3)55(87)88/h4-11,24,26-27,32,34-40,58,68H,12-23,25,56H2,1-3H3,(H2,57,69)(H,59,80)(H,60,81)(H,61,70)(H,62,83)(H,63,86)(H,64,85)(H,65,79)(H,66,84)(H,67,82)(H,71,72)(H,73,74)(H,75,76)(H,77,78)(H,87,88)/t27-,32-,34-,35-,36-,37-,38-,39-,40-/m0/s1. The highest BCUT2D eigenvalue weighted by molar-refractivity contribution is 5.99. The van der Waals surface area contributed by atoms with Crippen molar-refractivity contribution in [3.8, 4) is 5.75 Å². The van der Waals surface area contributed by atoms with E-state index in [1.165, 1.54) is 24.3 Å². The van der Waals surface area contributed by atoms with E-state index < -0.39 is 208 Å². The summed E-state index contributed by atoms with van der Waals surface area (Å²) in [6.45, 7) is 3.48. The normalized spacial score (nSPS) is 14.1. The van der Waals surface area contributed by atoms with Gasteiger partial charge in [0.2, 0.25) is 59.1 Å². The molecule has 0 fully saturated rings. The number of carbonyl (C=O) groups is 15. The minimum absolute atomic E-state index is 0.0401. The van der Waals surface area contributed by atoms with Crippen molar-refractivity contribution in [2.24, 2.45) is 17.4 Å². The molecular formula is C55H74N12O21. The number of carbonyl (C=O) groups excluding carboxylic acids is 10. The maximum Gasteiger partial charge on any atom is 0.325 e. The van der Waals surface area contributed by atoms with Crippen LogP contribution in [0.3, 0.4) is 0 Å². The lowest BCUT2D eigenvalue weighted by molar-refractivity contribution is -0.143. The number of aromatic amines is 1. The topological polar surface area (TPSA) is 554 Å². The molecule has 0 spiro atoms. The van der Waals surface area contributed by atoms with Crippen LogP contribution in [-0.4, -0.2) is 185 Å². The SMILES string of the molecule is CC(C)C[C@H](NC(=O)[C@@H](N)Cc1c[nH]c2ccccc12)C(=O)N[C@@H](Cc1ccc(O)cc1)C(=O)N[C@@H](CCC(=O)O)C(=O)N[C@@H](CCC(=O)O)C(=O)NCC(=O)N[C@@H](CCC(=O)O)C(=O)N[C@@H](CC(=O)O)C(=O)N[C@@H](CCC(N)=O)C(=O)N[C@@H](C)C(=O)O. The number of nitrogens with one attached hydrogen (secondary N) is 10. The molecule has 88 heavy (non-hydrogen) atoms. The van der Waals surface area contributed by atoms with Gasteiger partial charge in [0.15, 0.2) is 0 Å². The van der Waals surface area contributed by atoms with Gasteiger partial charge in [0.05, 0.1) is 19.0 Å². The smallest absolute Gasteiger partial charge is 0.325 e. The predicted octanol–water partition coefficient (Wildman–Crippen LogP) is -3.53. The van der Waals surface area contributed by atoms with Crippen molar-refractivity contribution in [1.29, 1.82) is 0 Å². The monoisotopic (exact) mass is 1240 g/mol. The summed E-state index contributed by atoms with van der Waals surface area (Å²) in [7, 11) is 0. The van der Waals surface area contributed by atoms with Crippen molar-refractivity contribution in [1.82, 2.24) is 52.8 Å². The number of rotatable bonds is 39. The number of carboxylic acid groups (broad SMARTS) is 5. The van der Waals surface area contributed by atoms with Crippen molar-refractivity contribution in [3.05, 3.63) is 65.9 Å². The first-order chi connectivity index (χ1) is 41.3. The number of phenolic OH excluding ortho intramolecular Hbond substituents is 1. The van der Waals surface area contributed by atoms with E-state index in [1.54, 1.807) is 20.0 Å². The fourth-order valence-corrected chi connectivity index (χ4v) is 8.51. The van der Waals surface area contributed by atoms with Crippen LogP contribution in [0.1, 0.15) is 96.1 Å². The van der Waals surface area contributed by atoms with Crippen LogP contribution < -0.4 is 59.3 Å². The number of aliphatic carboxylic acids is 5. The van der Waals surface area contributed by atoms with E-state index in [2.05, 4.69) is 42.2 Å². The van der Waals surface area contributed by atoms with E-state index in [-0.39, 0.29) is 30.9 Å². The lowest BCUT2D eigenvalue weighted by atomic mass is 9.99. The van der Waals surface area contributed by atoms with Crippen LogP contribution in [0.5, 0.6) is 5.75 Å². The second kappa shape index (κ2) is 35.3. The van der Waals surface area contributed by atoms with Crippen molar-refractivity contribution in [3.63, 3.8) is 0 Å². The number of aromatic hydroxyl groups is 1. The molecule has 3 aromatic rings. The molecule has 3 rings (SSSR count). The van der Waals surface area contributed by atoms with Gasteiger partial charge in [0.25, 0.3) is 0 Å². The first-order valence-corrected chi connectivity index (χ1v) is 27.5.